The Morgan fingerprint density at radius 3 is 1.66 bits per heavy atom. The molecule has 166 valence electrons. The second-order valence-corrected chi connectivity index (χ2v) is 7.88. The SMILES string of the molecule is CCCCOc1ccc(C(NC(=O)c2ccc(C)cc2)NC(=O)c2ccc(C)cc2)cc1. The quantitative estimate of drug-likeness (QED) is 0.356. The van der Waals surface area contributed by atoms with Gasteiger partial charge in [-0.25, -0.2) is 0 Å². The van der Waals surface area contributed by atoms with E-state index in [0.717, 1.165) is 35.3 Å². The molecule has 0 heterocycles. The lowest BCUT2D eigenvalue weighted by Gasteiger charge is -2.21. The van der Waals surface area contributed by atoms with Gasteiger partial charge in [-0.1, -0.05) is 60.9 Å². The van der Waals surface area contributed by atoms with Gasteiger partial charge in [-0.3, -0.25) is 9.59 Å². The standard InChI is InChI=1S/C27H30N2O3/c1-4-5-18-32-24-16-14-21(15-17-24)25(28-26(30)22-10-6-19(2)7-11-22)29-27(31)23-12-8-20(3)9-13-23/h6-17,25H,4-5,18H2,1-3H3,(H,28,30)(H,29,31). The summed E-state index contributed by atoms with van der Waals surface area (Å²) in [7, 11) is 0. The largest absolute Gasteiger partial charge is 0.494 e. The molecule has 0 radical (unpaired) electrons. The lowest BCUT2D eigenvalue weighted by molar-refractivity contribution is 0.0883. The minimum Gasteiger partial charge on any atom is -0.494 e. The van der Waals surface area contributed by atoms with Crippen molar-refractivity contribution in [1.82, 2.24) is 10.6 Å². The van der Waals surface area contributed by atoms with E-state index >= 15 is 0 Å². The van der Waals surface area contributed by atoms with Gasteiger partial charge in [0.15, 0.2) is 0 Å². The van der Waals surface area contributed by atoms with Gasteiger partial charge in [0.1, 0.15) is 11.9 Å². The van der Waals surface area contributed by atoms with Gasteiger partial charge in [0.25, 0.3) is 11.8 Å². The van der Waals surface area contributed by atoms with Gasteiger partial charge in [-0.15, -0.1) is 0 Å². The maximum Gasteiger partial charge on any atom is 0.253 e. The third-order valence-corrected chi connectivity index (χ3v) is 5.16. The van der Waals surface area contributed by atoms with Crippen molar-refractivity contribution in [2.24, 2.45) is 0 Å². The first-order chi connectivity index (χ1) is 15.5. The summed E-state index contributed by atoms with van der Waals surface area (Å²) in [4.78, 5) is 25.7. The average Bonchev–Trinajstić information content (AvgIpc) is 2.80. The van der Waals surface area contributed by atoms with E-state index in [1.807, 2.05) is 62.4 Å². The fourth-order valence-electron chi connectivity index (χ4n) is 3.13. The topological polar surface area (TPSA) is 67.4 Å². The Labute approximate surface area is 189 Å². The van der Waals surface area contributed by atoms with Crippen LogP contribution in [-0.4, -0.2) is 18.4 Å². The second-order valence-electron chi connectivity index (χ2n) is 7.88. The number of ether oxygens (including phenoxy) is 1. The number of amides is 2. The van der Waals surface area contributed by atoms with Crippen LogP contribution in [0.3, 0.4) is 0 Å². The van der Waals surface area contributed by atoms with Crippen LogP contribution in [0.2, 0.25) is 0 Å². The van der Waals surface area contributed by atoms with Crippen molar-refractivity contribution < 1.29 is 14.3 Å². The lowest BCUT2D eigenvalue weighted by atomic mass is 10.1. The van der Waals surface area contributed by atoms with Crippen LogP contribution >= 0.6 is 0 Å². The fourth-order valence-corrected chi connectivity index (χ4v) is 3.13. The van der Waals surface area contributed by atoms with Crippen molar-refractivity contribution in [3.63, 3.8) is 0 Å². The van der Waals surface area contributed by atoms with Gasteiger partial charge in [-0.2, -0.15) is 0 Å². The van der Waals surface area contributed by atoms with E-state index in [2.05, 4.69) is 17.6 Å². The summed E-state index contributed by atoms with van der Waals surface area (Å²) < 4.78 is 5.73. The Balaban J connectivity index is 1.79. The molecule has 0 fully saturated rings. The summed E-state index contributed by atoms with van der Waals surface area (Å²) in [6, 6.07) is 22.1. The molecular formula is C27H30N2O3. The van der Waals surface area contributed by atoms with Gasteiger partial charge >= 0.3 is 0 Å². The third kappa shape index (κ3) is 6.45. The Kier molecular flexibility index (Phi) is 8.03. The summed E-state index contributed by atoms with van der Waals surface area (Å²) in [5.74, 6) is 0.237. The van der Waals surface area contributed by atoms with Gasteiger partial charge in [0.05, 0.1) is 6.61 Å². The summed E-state index contributed by atoms with van der Waals surface area (Å²) in [5.41, 5.74) is 3.97. The first-order valence-corrected chi connectivity index (χ1v) is 10.9. The maximum atomic E-state index is 12.9. The van der Waals surface area contributed by atoms with Crippen LogP contribution in [0.5, 0.6) is 5.75 Å². The lowest BCUT2D eigenvalue weighted by Crippen LogP contribution is -2.41. The number of hydrogen-bond acceptors (Lipinski definition) is 3. The first-order valence-electron chi connectivity index (χ1n) is 10.9. The molecule has 0 unspecified atom stereocenters. The normalized spacial score (nSPS) is 10.6. The molecule has 0 aliphatic rings. The number of hydrogen-bond donors (Lipinski definition) is 2. The minimum absolute atomic E-state index is 0.262. The molecule has 0 atom stereocenters. The molecule has 0 saturated heterocycles. The molecule has 5 nitrogen and oxygen atoms in total. The van der Waals surface area contributed by atoms with E-state index < -0.39 is 6.17 Å². The fraction of sp³-hybridized carbons (Fsp3) is 0.259. The maximum absolute atomic E-state index is 12.9. The molecule has 0 aliphatic carbocycles. The molecule has 32 heavy (non-hydrogen) atoms. The number of rotatable bonds is 9. The van der Waals surface area contributed by atoms with Crippen LogP contribution in [0.15, 0.2) is 72.8 Å². The third-order valence-electron chi connectivity index (χ3n) is 5.16. The molecule has 3 aromatic carbocycles. The number of benzene rings is 3. The van der Waals surface area contributed by atoms with Crippen LogP contribution in [0.1, 0.15) is 63.3 Å². The van der Waals surface area contributed by atoms with E-state index in [-0.39, 0.29) is 11.8 Å². The molecule has 0 spiro atoms. The number of nitrogens with one attached hydrogen (secondary N) is 2. The summed E-state index contributed by atoms with van der Waals surface area (Å²) in [6.07, 6.45) is 1.36. The molecule has 3 rings (SSSR count). The predicted molar refractivity (Wildman–Crippen MR) is 127 cm³/mol. The van der Waals surface area contributed by atoms with E-state index in [1.54, 1.807) is 24.3 Å². The molecule has 2 N–H and O–H groups in total. The molecule has 0 saturated carbocycles. The Bertz CT molecular complexity index is 967. The molecule has 0 aromatic heterocycles. The van der Waals surface area contributed by atoms with Crippen molar-refractivity contribution in [2.75, 3.05) is 6.61 Å². The summed E-state index contributed by atoms with van der Waals surface area (Å²) in [6.45, 7) is 6.71. The van der Waals surface area contributed by atoms with Gasteiger partial charge in [0.2, 0.25) is 0 Å². The second kappa shape index (κ2) is 11.1. The highest BCUT2D eigenvalue weighted by Crippen LogP contribution is 2.18. The predicted octanol–water partition coefficient (Wildman–Crippen LogP) is 5.34. The van der Waals surface area contributed by atoms with Crippen molar-refractivity contribution in [1.29, 1.82) is 0 Å². The van der Waals surface area contributed by atoms with Gasteiger partial charge < -0.3 is 15.4 Å². The Hall–Kier alpha value is -3.60. The smallest absolute Gasteiger partial charge is 0.253 e. The van der Waals surface area contributed by atoms with E-state index in [0.29, 0.717) is 17.7 Å². The van der Waals surface area contributed by atoms with Gasteiger partial charge in [0, 0.05) is 11.1 Å². The highest BCUT2D eigenvalue weighted by Gasteiger charge is 2.19. The minimum atomic E-state index is -0.692. The van der Waals surface area contributed by atoms with E-state index in [1.165, 1.54) is 0 Å². The van der Waals surface area contributed by atoms with E-state index in [4.69, 9.17) is 4.74 Å². The number of carbonyl (C=O) groups excluding carboxylic acids is 2. The zero-order chi connectivity index (χ0) is 22.9. The van der Waals surface area contributed by atoms with Crippen LogP contribution in [-0.2, 0) is 0 Å². The molecule has 3 aromatic rings. The first kappa shape index (κ1) is 23.1. The molecule has 0 aliphatic heterocycles. The molecule has 5 heteroatoms. The number of unbranched alkanes of at least 4 members (excludes halogenated alkanes) is 1. The van der Waals surface area contributed by atoms with Crippen LogP contribution < -0.4 is 15.4 Å². The number of aryl methyl sites for hydroxylation is 2. The monoisotopic (exact) mass is 430 g/mol. The summed E-state index contributed by atoms with van der Waals surface area (Å²) >= 11 is 0. The zero-order valence-corrected chi connectivity index (χ0v) is 18.9. The number of carbonyl (C=O) groups is 2. The van der Waals surface area contributed by atoms with E-state index in [9.17, 15) is 9.59 Å². The van der Waals surface area contributed by atoms with Gasteiger partial charge in [-0.05, 0) is 62.2 Å². The molecule has 2 amide bonds. The van der Waals surface area contributed by atoms with Crippen molar-refractivity contribution in [3.8, 4) is 5.75 Å². The van der Waals surface area contributed by atoms with Crippen molar-refractivity contribution in [3.05, 3.63) is 101 Å². The Morgan fingerprint density at radius 1 is 0.750 bits per heavy atom. The highest BCUT2D eigenvalue weighted by atomic mass is 16.5. The van der Waals surface area contributed by atoms with Crippen molar-refractivity contribution >= 4 is 11.8 Å². The van der Waals surface area contributed by atoms with Crippen molar-refractivity contribution in [2.45, 2.75) is 39.8 Å². The Morgan fingerprint density at radius 2 is 1.22 bits per heavy atom. The molecular weight excluding hydrogens is 400 g/mol. The summed E-state index contributed by atoms with van der Waals surface area (Å²) in [5, 5.41) is 5.88. The van der Waals surface area contributed by atoms with Crippen LogP contribution in [0.25, 0.3) is 0 Å². The van der Waals surface area contributed by atoms with Crippen LogP contribution in [0.4, 0.5) is 0 Å². The van der Waals surface area contributed by atoms with Crippen LogP contribution in [0, 0.1) is 13.8 Å². The average molecular weight is 431 g/mol. The zero-order valence-electron chi connectivity index (χ0n) is 18.9. The highest BCUT2D eigenvalue weighted by molar-refractivity contribution is 5.96. The molecule has 0 bridgehead atoms.